The second-order valence-corrected chi connectivity index (χ2v) is 4.95. The lowest BCUT2D eigenvalue weighted by Crippen LogP contribution is -2.29. The third-order valence-electron chi connectivity index (χ3n) is 1.66. The molecule has 0 atom stereocenters. The van der Waals surface area contributed by atoms with Crippen LogP contribution in [0.2, 0.25) is 5.02 Å². The summed E-state index contributed by atoms with van der Waals surface area (Å²) in [5.74, 6) is -0.419. The first-order valence-electron chi connectivity index (χ1n) is 3.96. The van der Waals surface area contributed by atoms with Gasteiger partial charge in [-0.1, -0.05) is 29.8 Å². The minimum absolute atomic E-state index is 0.166. The van der Waals surface area contributed by atoms with E-state index in [0.29, 0.717) is 5.02 Å². The Morgan fingerprint density at radius 3 is 2.57 bits per heavy atom. The zero-order chi connectivity index (χ0) is 10.6. The van der Waals surface area contributed by atoms with Gasteiger partial charge >= 0.3 is 0 Å². The summed E-state index contributed by atoms with van der Waals surface area (Å²) < 4.78 is 24.3. The van der Waals surface area contributed by atoms with Crippen molar-refractivity contribution in [1.29, 1.82) is 0 Å². The van der Waals surface area contributed by atoms with Crippen molar-refractivity contribution in [3.8, 4) is 0 Å². The molecule has 0 radical (unpaired) electrons. The minimum Gasteiger partial charge on any atom is -0.317 e. The number of halogens is 1. The molecule has 1 rings (SSSR count). The third-order valence-corrected chi connectivity index (χ3v) is 3.05. The summed E-state index contributed by atoms with van der Waals surface area (Å²) in [5, 5.41) is 0.534. The predicted octanol–water partition coefficient (Wildman–Crippen LogP) is 0.676. The molecular formula is C8H11ClN2O2S. The van der Waals surface area contributed by atoms with Crippen LogP contribution in [0.15, 0.2) is 24.3 Å². The molecule has 0 unspecified atom stereocenters. The van der Waals surface area contributed by atoms with E-state index >= 15 is 0 Å². The molecule has 0 bridgehead atoms. The van der Waals surface area contributed by atoms with Gasteiger partial charge in [0.2, 0.25) is 10.0 Å². The van der Waals surface area contributed by atoms with Gasteiger partial charge in [0.1, 0.15) is 5.88 Å². The minimum atomic E-state index is -3.37. The molecule has 3 N–H and O–H groups in total. The molecule has 6 heteroatoms. The molecule has 0 spiro atoms. The van der Waals surface area contributed by atoms with Gasteiger partial charge in [-0.3, -0.25) is 0 Å². The zero-order valence-electron chi connectivity index (χ0n) is 7.40. The lowest BCUT2D eigenvalue weighted by Gasteiger charge is -2.05. The fourth-order valence-corrected chi connectivity index (χ4v) is 1.58. The van der Waals surface area contributed by atoms with E-state index < -0.39 is 15.9 Å². The van der Waals surface area contributed by atoms with Gasteiger partial charge in [-0.15, -0.1) is 0 Å². The highest BCUT2D eigenvalue weighted by Gasteiger charge is 2.07. The van der Waals surface area contributed by atoms with Crippen molar-refractivity contribution in [1.82, 2.24) is 4.72 Å². The lowest BCUT2D eigenvalue weighted by atomic mass is 10.2. The van der Waals surface area contributed by atoms with Crippen LogP contribution in [0, 0.1) is 0 Å². The molecular weight excluding hydrogens is 224 g/mol. The molecule has 0 amide bonds. The van der Waals surface area contributed by atoms with Crippen molar-refractivity contribution in [3.05, 3.63) is 34.9 Å². The number of hydrogen-bond donors (Lipinski definition) is 2. The second kappa shape index (κ2) is 4.75. The van der Waals surface area contributed by atoms with E-state index in [1.807, 2.05) is 0 Å². The molecule has 0 fully saturated rings. The fraction of sp³-hybridized carbons (Fsp3) is 0.250. The SMILES string of the molecule is NCS(=O)(=O)NCc1ccccc1Cl. The van der Waals surface area contributed by atoms with Crippen LogP contribution in [0.1, 0.15) is 5.56 Å². The van der Waals surface area contributed by atoms with Crippen LogP contribution in [0.4, 0.5) is 0 Å². The van der Waals surface area contributed by atoms with Crippen LogP contribution in [-0.4, -0.2) is 14.3 Å². The third kappa shape index (κ3) is 3.26. The largest absolute Gasteiger partial charge is 0.317 e. The average Bonchev–Trinajstić information content (AvgIpc) is 2.17. The Morgan fingerprint density at radius 1 is 1.36 bits per heavy atom. The molecule has 0 aliphatic rings. The van der Waals surface area contributed by atoms with Gasteiger partial charge in [-0.05, 0) is 11.6 Å². The maximum atomic E-state index is 11.0. The zero-order valence-corrected chi connectivity index (χ0v) is 8.98. The van der Waals surface area contributed by atoms with Crippen molar-refractivity contribution < 1.29 is 8.42 Å². The Hall–Kier alpha value is -0.620. The normalized spacial score (nSPS) is 11.6. The summed E-state index contributed by atoms with van der Waals surface area (Å²) in [4.78, 5) is 0. The van der Waals surface area contributed by atoms with Crippen LogP contribution in [-0.2, 0) is 16.6 Å². The molecule has 0 saturated carbocycles. The molecule has 4 nitrogen and oxygen atoms in total. The smallest absolute Gasteiger partial charge is 0.224 e. The quantitative estimate of drug-likeness (QED) is 0.805. The molecule has 1 aromatic rings. The average molecular weight is 235 g/mol. The Labute approximate surface area is 88.1 Å². The van der Waals surface area contributed by atoms with Gasteiger partial charge in [-0.2, -0.15) is 0 Å². The monoisotopic (exact) mass is 234 g/mol. The number of nitrogens with two attached hydrogens (primary N) is 1. The summed E-state index contributed by atoms with van der Waals surface area (Å²) in [7, 11) is -3.37. The fourth-order valence-electron chi connectivity index (χ4n) is 0.888. The molecule has 1 aromatic carbocycles. The lowest BCUT2D eigenvalue weighted by molar-refractivity contribution is 0.581. The van der Waals surface area contributed by atoms with Crippen LogP contribution in [0.25, 0.3) is 0 Å². The van der Waals surface area contributed by atoms with Crippen molar-refractivity contribution in [2.75, 3.05) is 5.88 Å². The Morgan fingerprint density at radius 2 is 2.00 bits per heavy atom. The Kier molecular flexibility index (Phi) is 3.88. The van der Waals surface area contributed by atoms with Gasteiger partial charge in [0.15, 0.2) is 0 Å². The van der Waals surface area contributed by atoms with Crippen LogP contribution < -0.4 is 10.5 Å². The molecule has 0 aliphatic heterocycles. The highest BCUT2D eigenvalue weighted by Crippen LogP contribution is 2.14. The summed E-state index contributed by atoms with van der Waals surface area (Å²) in [6, 6.07) is 7.02. The molecule has 0 aliphatic carbocycles. The van der Waals surface area contributed by atoms with E-state index in [-0.39, 0.29) is 6.54 Å². The number of rotatable bonds is 4. The van der Waals surface area contributed by atoms with Gasteiger partial charge in [0, 0.05) is 11.6 Å². The van der Waals surface area contributed by atoms with E-state index in [2.05, 4.69) is 4.72 Å². The first kappa shape index (κ1) is 11.5. The van der Waals surface area contributed by atoms with Crippen molar-refractivity contribution >= 4 is 21.6 Å². The maximum absolute atomic E-state index is 11.0. The predicted molar refractivity (Wildman–Crippen MR) is 56.3 cm³/mol. The van der Waals surface area contributed by atoms with Crippen molar-refractivity contribution in [2.24, 2.45) is 5.73 Å². The second-order valence-electron chi connectivity index (χ2n) is 2.69. The maximum Gasteiger partial charge on any atom is 0.224 e. The van der Waals surface area contributed by atoms with E-state index in [1.165, 1.54) is 0 Å². The van der Waals surface area contributed by atoms with E-state index in [1.54, 1.807) is 24.3 Å². The van der Waals surface area contributed by atoms with Gasteiger partial charge < -0.3 is 5.73 Å². The standard InChI is InChI=1S/C8H11ClN2O2S/c9-8-4-2-1-3-7(8)5-11-14(12,13)6-10/h1-4,11H,5-6,10H2. The summed E-state index contributed by atoms with van der Waals surface area (Å²) in [6.45, 7) is 0.166. The van der Waals surface area contributed by atoms with Crippen LogP contribution in [0.3, 0.4) is 0 Å². The number of nitrogens with one attached hydrogen (secondary N) is 1. The van der Waals surface area contributed by atoms with E-state index in [4.69, 9.17) is 17.3 Å². The number of sulfonamides is 1. The Balaban J connectivity index is 2.68. The summed E-state index contributed by atoms with van der Waals surface area (Å²) in [6.07, 6.45) is 0. The summed E-state index contributed by atoms with van der Waals surface area (Å²) in [5.41, 5.74) is 5.75. The molecule has 0 aromatic heterocycles. The molecule has 0 heterocycles. The molecule has 0 saturated heterocycles. The Bertz CT molecular complexity index is 406. The van der Waals surface area contributed by atoms with Crippen LogP contribution in [0.5, 0.6) is 0 Å². The molecule has 78 valence electrons. The highest BCUT2D eigenvalue weighted by atomic mass is 35.5. The van der Waals surface area contributed by atoms with Gasteiger partial charge in [0.25, 0.3) is 0 Å². The number of benzene rings is 1. The molecule has 14 heavy (non-hydrogen) atoms. The van der Waals surface area contributed by atoms with Gasteiger partial charge in [0.05, 0.1) is 0 Å². The van der Waals surface area contributed by atoms with Crippen LogP contribution >= 0.6 is 11.6 Å². The summed E-state index contributed by atoms with van der Waals surface area (Å²) >= 11 is 5.83. The van der Waals surface area contributed by atoms with Gasteiger partial charge in [-0.25, -0.2) is 13.1 Å². The first-order valence-corrected chi connectivity index (χ1v) is 5.99. The van der Waals surface area contributed by atoms with Crippen molar-refractivity contribution in [3.63, 3.8) is 0 Å². The topological polar surface area (TPSA) is 72.2 Å². The first-order chi connectivity index (χ1) is 6.55. The van der Waals surface area contributed by atoms with E-state index in [0.717, 1.165) is 5.56 Å². The van der Waals surface area contributed by atoms with E-state index in [9.17, 15) is 8.42 Å². The van der Waals surface area contributed by atoms with Crippen molar-refractivity contribution in [2.45, 2.75) is 6.54 Å². The highest BCUT2D eigenvalue weighted by molar-refractivity contribution is 7.89. The number of hydrogen-bond acceptors (Lipinski definition) is 3.